The molecule has 0 aliphatic rings. The van der Waals surface area contributed by atoms with Crippen molar-refractivity contribution in [3.63, 3.8) is 0 Å². The number of halogens is 3. The number of carbonyl (C=O) groups is 1. The minimum atomic E-state index is -2.62. The van der Waals surface area contributed by atoms with Crippen molar-refractivity contribution < 1.29 is 22.7 Å². The Morgan fingerprint density at radius 1 is 0.533 bits per heavy atom. The van der Waals surface area contributed by atoms with E-state index in [0.717, 1.165) is 19.3 Å². The zero-order chi connectivity index (χ0) is 22.3. The van der Waals surface area contributed by atoms with Crippen LogP contribution in [-0.2, 0) is 9.53 Å². The van der Waals surface area contributed by atoms with E-state index < -0.39 is 17.9 Å². The molecule has 0 saturated carbocycles. The Labute approximate surface area is 183 Å². The molecule has 0 rings (SSSR count). The third-order valence-electron chi connectivity index (χ3n) is 5.58. The first kappa shape index (κ1) is 29.0. The molecule has 0 aromatic carbocycles. The van der Waals surface area contributed by atoms with E-state index in [4.69, 9.17) is 0 Å². The van der Waals surface area contributed by atoms with Crippen molar-refractivity contribution >= 4 is 5.97 Å². The molecule has 178 valence electrons. The number of unbranched alkanes of at least 4 members (excludes halogenated alkanes) is 19. The van der Waals surface area contributed by atoms with Gasteiger partial charge < -0.3 is 4.74 Å². The smallest absolute Gasteiger partial charge is 0.372 e. The summed E-state index contributed by atoms with van der Waals surface area (Å²) in [7, 11) is 0. The molecule has 5 heteroatoms. The largest absolute Gasteiger partial charge is 0.460 e. The van der Waals surface area contributed by atoms with Gasteiger partial charge in [0.2, 0.25) is 0 Å². The lowest BCUT2D eigenvalue weighted by molar-refractivity contribution is -0.141. The Kier molecular flexibility index (Phi) is 21.9. The Hall–Kier alpha value is -1.00. The van der Waals surface area contributed by atoms with Crippen LogP contribution in [0.4, 0.5) is 13.2 Å². The number of hydrogen-bond donors (Lipinski definition) is 0. The van der Waals surface area contributed by atoms with Gasteiger partial charge in [0.15, 0.2) is 0 Å². The zero-order valence-corrected chi connectivity index (χ0v) is 19.3. The van der Waals surface area contributed by atoms with Crippen molar-refractivity contribution in [3.05, 3.63) is 11.9 Å². The molecule has 0 saturated heterocycles. The lowest BCUT2D eigenvalue weighted by atomic mass is 10.0. The molecule has 30 heavy (non-hydrogen) atoms. The Bertz CT molecular complexity index is 421. The maximum Gasteiger partial charge on any atom is 0.372 e. The van der Waals surface area contributed by atoms with Gasteiger partial charge in [-0.3, -0.25) is 0 Å². The van der Waals surface area contributed by atoms with Gasteiger partial charge in [0.25, 0.3) is 5.83 Å². The fourth-order valence-electron chi connectivity index (χ4n) is 3.66. The Morgan fingerprint density at radius 3 is 1.13 bits per heavy atom. The molecule has 0 radical (unpaired) electrons. The highest BCUT2D eigenvalue weighted by molar-refractivity contribution is 5.86. The van der Waals surface area contributed by atoms with Crippen molar-refractivity contribution in [2.75, 3.05) is 6.61 Å². The van der Waals surface area contributed by atoms with Gasteiger partial charge in [0.05, 0.1) is 6.61 Å². The molecule has 0 aliphatic heterocycles. The molecule has 0 aromatic rings. The number of rotatable bonds is 22. The normalized spacial score (nSPS) is 10.9. The summed E-state index contributed by atoms with van der Waals surface area (Å²) in [6.07, 6.45) is 22.9. The molecule has 2 nitrogen and oxygen atoms in total. The lowest BCUT2D eigenvalue weighted by Gasteiger charge is -2.04. The van der Waals surface area contributed by atoms with Crippen LogP contribution in [0.3, 0.4) is 0 Å². The minimum absolute atomic E-state index is 0.00150. The zero-order valence-electron chi connectivity index (χ0n) is 19.3. The molecule has 0 atom stereocenters. The standard InChI is InChI=1S/C25H45F3O2/c1-2-3-4-5-6-7-8-9-10-11-12-13-14-15-16-17-18-19-20-21-22-30-25(29)23(26)24(27)28/h2-22H2,1H3. The van der Waals surface area contributed by atoms with Crippen LogP contribution in [0.25, 0.3) is 0 Å². The molecular weight excluding hydrogens is 389 g/mol. The molecule has 0 unspecified atom stereocenters. The summed E-state index contributed by atoms with van der Waals surface area (Å²) in [6.45, 7) is 2.26. The third-order valence-corrected chi connectivity index (χ3v) is 5.58. The maximum absolute atomic E-state index is 12.5. The van der Waals surface area contributed by atoms with Gasteiger partial charge in [-0.1, -0.05) is 129 Å². The van der Waals surface area contributed by atoms with Crippen LogP contribution in [0, 0.1) is 0 Å². The van der Waals surface area contributed by atoms with E-state index in [0.29, 0.717) is 6.42 Å². The Balaban J connectivity index is 3.15. The summed E-state index contributed by atoms with van der Waals surface area (Å²) in [4.78, 5) is 10.9. The monoisotopic (exact) mass is 434 g/mol. The fraction of sp³-hybridized carbons (Fsp3) is 0.880. The molecule has 0 amide bonds. The van der Waals surface area contributed by atoms with Crippen LogP contribution in [-0.4, -0.2) is 12.6 Å². The summed E-state index contributed by atoms with van der Waals surface area (Å²) >= 11 is 0. The minimum Gasteiger partial charge on any atom is -0.460 e. The average Bonchev–Trinajstić information content (AvgIpc) is 2.74. The molecular formula is C25H45F3O2. The number of ether oxygens (including phenoxy) is 1. The molecule has 0 spiro atoms. The number of hydrogen-bond acceptors (Lipinski definition) is 2. The molecule has 0 bridgehead atoms. The first-order valence-electron chi connectivity index (χ1n) is 12.5. The van der Waals surface area contributed by atoms with Gasteiger partial charge >= 0.3 is 12.0 Å². The van der Waals surface area contributed by atoms with E-state index in [9.17, 15) is 18.0 Å². The molecule has 0 aromatic heterocycles. The summed E-state index contributed by atoms with van der Waals surface area (Å²) in [5, 5.41) is 0. The SMILES string of the molecule is CCCCCCCCCCCCCCCCCCCCCCOC(=O)C(F)=C(F)F. The average molecular weight is 435 g/mol. The number of carbonyl (C=O) groups excluding carboxylic acids is 1. The quantitative estimate of drug-likeness (QED) is 0.0963. The number of esters is 1. The van der Waals surface area contributed by atoms with Gasteiger partial charge in [0, 0.05) is 0 Å². The molecule has 0 heterocycles. The first-order chi connectivity index (χ1) is 14.6. The first-order valence-corrected chi connectivity index (χ1v) is 12.5. The predicted octanol–water partition coefficient (Wildman–Crippen LogP) is 9.43. The van der Waals surface area contributed by atoms with Crippen molar-refractivity contribution in [1.29, 1.82) is 0 Å². The second-order valence-corrected chi connectivity index (χ2v) is 8.43. The second kappa shape index (κ2) is 22.7. The van der Waals surface area contributed by atoms with E-state index in [1.165, 1.54) is 103 Å². The van der Waals surface area contributed by atoms with Crippen LogP contribution in [0.2, 0.25) is 0 Å². The van der Waals surface area contributed by atoms with Crippen LogP contribution < -0.4 is 0 Å². The third kappa shape index (κ3) is 20.3. The van der Waals surface area contributed by atoms with Crippen LogP contribution in [0.15, 0.2) is 11.9 Å². The summed E-state index contributed by atoms with van der Waals surface area (Å²) < 4.78 is 40.7. The molecule has 0 N–H and O–H groups in total. The van der Waals surface area contributed by atoms with Gasteiger partial charge in [-0.05, 0) is 6.42 Å². The van der Waals surface area contributed by atoms with Crippen molar-refractivity contribution in [1.82, 2.24) is 0 Å². The second-order valence-electron chi connectivity index (χ2n) is 8.43. The molecule has 0 aliphatic carbocycles. The van der Waals surface area contributed by atoms with Crippen molar-refractivity contribution in [2.24, 2.45) is 0 Å². The highest BCUT2D eigenvalue weighted by Gasteiger charge is 2.16. The van der Waals surface area contributed by atoms with Crippen molar-refractivity contribution in [3.8, 4) is 0 Å². The topological polar surface area (TPSA) is 26.3 Å². The highest BCUT2D eigenvalue weighted by Crippen LogP contribution is 2.15. The van der Waals surface area contributed by atoms with Crippen LogP contribution >= 0.6 is 0 Å². The van der Waals surface area contributed by atoms with E-state index in [1.807, 2.05) is 0 Å². The van der Waals surface area contributed by atoms with E-state index in [-0.39, 0.29) is 6.61 Å². The van der Waals surface area contributed by atoms with Crippen LogP contribution in [0.1, 0.15) is 135 Å². The van der Waals surface area contributed by atoms with Gasteiger partial charge in [0.1, 0.15) is 0 Å². The van der Waals surface area contributed by atoms with Gasteiger partial charge in [-0.25, -0.2) is 4.79 Å². The summed E-state index contributed by atoms with van der Waals surface area (Å²) in [5.41, 5.74) is 0. The van der Waals surface area contributed by atoms with Crippen LogP contribution in [0.5, 0.6) is 0 Å². The highest BCUT2D eigenvalue weighted by atomic mass is 19.3. The van der Waals surface area contributed by atoms with Gasteiger partial charge in [-0.2, -0.15) is 13.2 Å². The van der Waals surface area contributed by atoms with E-state index in [2.05, 4.69) is 11.7 Å². The fourth-order valence-corrected chi connectivity index (χ4v) is 3.66. The maximum atomic E-state index is 12.5. The van der Waals surface area contributed by atoms with Crippen molar-refractivity contribution in [2.45, 2.75) is 135 Å². The van der Waals surface area contributed by atoms with E-state index in [1.54, 1.807) is 0 Å². The summed E-state index contributed by atoms with van der Waals surface area (Å²) in [6, 6.07) is 0. The molecule has 0 fully saturated rings. The van der Waals surface area contributed by atoms with Gasteiger partial charge in [-0.15, -0.1) is 0 Å². The van der Waals surface area contributed by atoms with E-state index >= 15 is 0 Å². The lowest BCUT2D eigenvalue weighted by Crippen LogP contribution is -2.07. The summed E-state index contributed by atoms with van der Waals surface area (Å²) in [5.74, 6) is -3.64. The Morgan fingerprint density at radius 2 is 0.833 bits per heavy atom. The predicted molar refractivity (Wildman–Crippen MR) is 119 cm³/mol.